The Labute approximate surface area is 195 Å². The van der Waals surface area contributed by atoms with Crippen molar-refractivity contribution >= 4 is 68.4 Å². The molecule has 4 rings (SSSR count). The lowest BCUT2D eigenvalue weighted by Gasteiger charge is -2.18. The van der Waals surface area contributed by atoms with E-state index >= 15 is 0 Å². The molecule has 4 nitrogen and oxygen atoms in total. The number of hydrogen-bond donors (Lipinski definition) is 0. The van der Waals surface area contributed by atoms with Crippen LogP contribution in [0.25, 0.3) is 0 Å². The number of carbonyl (C=O) groups excluding carboxylic acids is 2. The molecule has 154 valence electrons. The maximum atomic E-state index is 13.1. The molecule has 0 spiro atoms. The third-order valence-electron chi connectivity index (χ3n) is 5.12. The highest BCUT2D eigenvalue weighted by atomic mass is 32.2. The fourth-order valence-electron chi connectivity index (χ4n) is 3.49. The van der Waals surface area contributed by atoms with Crippen molar-refractivity contribution in [1.29, 1.82) is 0 Å². The highest BCUT2D eigenvalue weighted by molar-refractivity contribution is 8.27. The molecule has 2 atom stereocenters. The van der Waals surface area contributed by atoms with Crippen LogP contribution in [0.15, 0.2) is 60.7 Å². The van der Waals surface area contributed by atoms with E-state index in [4.69, 9.17) is 24.4 Å². The van der Waals surface area contributed by atoms with Crippen molar-refractivity contribution < 1.29 is 9.59 Å². The molecule has 2 saturated heterocycles. The Morgan fingerprint density at radius 1 is 0.667 bits per heavy atom. The Bertz CT molecular complexity index is 888. The molecular weight excluding hydrogens is 453 g/mol. The maximum absolute atomic E-state index is 13.1. The third-order valence-corrected chi connectivity index (χ3v) is 8.61. The second-order valence-electron chi connectivity index (χ2n) is 7.06. The second kappa shape index (κ2) is 9.60. The van der Waals surface area contributed by atoms with Crippen LogP contribution in [0.4, 0.5) is 0 Å². The maximum Gasteiger partial charge on any atom is 0.243 e. The molecule has 2 aromatic carbocycles. The predicted molar refractivity (Wildman–Crippen MR) is 132 cm³/mol. The van der Waals surface area contributed by atoms with Gasteiger partial charge in [0.25, 0.3) is 0 Å². The Kier molecular flexibility index (Phi) is 6.87. The molecule has 2 aromatic rings. The lowest BCUT2D eigenvalue weighted by molar-refractivity contribution is -0.131. The topological polar surface area (TPSA) is 40.6 Å². The highest BCUT2D eigenvalue weighted by Gasteiger charge is 2.50. The lowest BCUT2D eigenvalue weighted by Crippen LogP contribution is -2.41. The fraction of sp³-hybridized carbons (Fsp3) is 0.273. The molecule has 2 fully saturated rings. The number of thiocarbonyl (C=S) groups is 2. The van der Waals surface area contributed by atoms with Crippen molar-refractivity contribution in [3.8, 4) is 0 Å². The van der Waals surface area contributed by atoms with Crippen LogP contribution in [0.2, 0.25) is 0 Å². The molecule has 8 heteroatoms. The van der Waals surface area contributed by atoms with E-state index in [0.29, 0.717) is 21.7 Å². The molecule has 2 heterocycles. The third kappa shape index (κ3) is 4.61. The van der Waals surface area contributed by atoms with Crippen molar-refractivity contribution in [2.75, 3.05) is 13.1 Å². The van der Waals surface area contributed by atoms with Gasteiger partial charge in [-0.3, -0.25) is 19.4 Å². The smallest absolute Gasteiger partial charge is 0.243 e. The van der Waals surface area contributed by atoms with E-state index in [9.17, 15) is 9.59 Å². The van der Waals surface area contributed by atoms with Gasteiger partial charge >= 0.3 is 0 Å². The fourth-order valence-corrected chi connectivity index (χ4v) is 6.79. The number of amides is 2. The quantitative estimate of drug-likeness (QED) is 0.569. The molecular formula is C22H20N2O2S4. The van der Waals surface area contributed by atoms with Crippen LogP contribution in [0.1, 0.15) is 11.1 Å². The van der Waals surface area contributed by atoms with E-state index in [-0.39, 0.29) is 11.8 Å². The number of hydrogen-bond acceptors (Lipinski definition) is 6. The van der Waals surface area contributed by atoms with Crippen molar-refractivity contribution in [3.05, 3.63) is 71.8 Å². The highest BCUT2D eigenvalue weighted by Crippen LogP contribution is 2.40. The number of nitrogens with zero attached hydrogens (tertiary/aromatic N) is 2. The Morgan fingerprint density at radius 3 is 1.40 bits per heavy atom. The molecule has 2 unspecified atom stereocenters. The molecule has 0 aliphatic carbocycles. The molecule has 0 radical (unpaired) electrons. The molecule has 2 amide bonds. The standard InChI is InChI=1S/C22H20N2O2S4/c25-19-17(29-21(27)23(19)13-11-15-7-3-1-4-8-15)18-20(26)24(22(28)30-18)14-12-16-9-5-2-6-10-16/h1-10,17-18H,11-14H2. The first kappa shape index (κ1) is 21.5. The normalized spacial score (nSPS) is 21.7. The van der Waals surface area contributed by atoms with Gasteiger partial charge in [0.15, 0.2) is 0 Å². The van der Waals surface area contributed by atoms with Gasteiger partial charge in [0, 0.05) is 13.1 Å². The van der Waals surface area contributed by atoms with Crippen LogP contribution >= 0.6 is 48.0 Å². The first-order chi connectivity index (χ1) is 14.5. The summed E-state index contributed by atoms with van der Waals surface area (Å²) in [4.78, 5) is 29.4. The van der Waals surface area contributed by atoms with E-state index in [0.717, 1.165) is 24.0 Å². The largest absolute Gasteiger partial charge is 0.296 e. The summed E-state index contributed by atoms with van der Waals surface area (Å²) in [5.41, 5.74) is 2.31. The summed E-state index contributed by atoms with van der Waals surface area (Å²) in [6.07, 6.45) is 1.46. The van der Waals surface area contributed by atoms with Gasteiger partial charge in [-0.2, -0.15) is 0 Å². The average molecular weight is 473 g/mol. The van der Waals surface area contributed by atoms with Crippen molar-refractivity contribution in [3.63, 3.8) is 0 Å². The average Bonchev–Trinajstić information content (AvgIpc) is 3.20. The Hall–Kier alpha value is -1.74. The minimum absolute atomic E-state index is 0.0838. The zero-order valence-corrected chi connectivity index (χ0v) is 19.4. The first-order valence-electron chi connectivity index (χ1n) is 9.66. The van der Waals surface area contributed by atoms with Crippen molar-refractivity contribution in [2.45, 2.75) is 23.3 Å². The van der Waals surface area contributed by atoms with Crippen molar-refractivity contribution in [2.24, 2.45) is 0 Å². The van der Waals surface area contributed by atoms with E-state index in [1.165, 1.54) is 23.5 Å². The summed E-state index contributed by atoms with van der Waals surface area (Å²) in [5, 5.41) is -1.02. The van der Waals surface area contributed by atoms with Crippen molar-refractivity contribution in [1.82, 2.24) is 9.80 Å². The summed E-state index contributed by atoms with van der Waals surface area (Å²) in [6, 6.07) is 20.0. The van der Waals surface area contributed by atoms with Gasteiger partial charge in [-0.1, -0.05) is 109 Å². The summed E-state index contributed by atoms with van der Waals surface area (Å²) < 4.78 is 1.09. The lowest BCUT2D eigenvalue weighted by atomic mass is 10.1. The number of benzene rings is 2. The van der Waals surface area contributed by atoms with Gasteiger partial charge < -0.3 is 0 Å². The second-order valence-corrected chi connectivity index (χ2v) is 10.6. The zero-order chi connectivity index (χ0) is 21.1. The van der Waals surface area contributed by atoms with Crippen LogP contribution in [-0.2, 0) is 22.4 Å². The molecule has 0 N–H and O–H groups in total. The van der Waals surface area contributed by atoms with Crippen LogP contribution in [-0.4, -0.2) is 53.8 Å². The summed E-state index contributed by atoms with van der Waals surface area (Å²) in [5.74, 6) is -0.168. The molecule has 30 heavy (non-hydrogen) atoms. The molecule has 2 aliphatic heterocycles. The Morgan fingerprint density at radius 2 is 1.03 bits per heavy atom. The molecule has 2 aliphatic rings. The van der Waals surface area contributed by atoms with Crippen LogP contribution in [0, 0.1) is 0 Å². The Balaban J connectivity index is 1.38. The van der Waals surface area contributed by atoms with Gasteiger partial charge in [-0.05, 0) is 24.0 Å². The minimum Gasteiger partial charge on any atom is -0.296 e. The van der Waals surface area contributed by atoms with Crippen LogP contribution in [0.5, 0.6) is 0 Å². The molecule has 0 saturated carbocycles. The van der Waals surface area contributed by atoms with Gasteiger partial charge in [0.05, 0.1) is 0 Å². The predicted octanol–water partition coefficient (Wildman–Crippen LogP) is 3.93. The van der Waals surface area contributed by atoms with Gasteiger partial charge in [0.1, 0.15) is 19.1 Å². The number of carbonyl (C=O) groups is 2. The minimum atomic E-state index is -0.509. The summed E-state index contributed by atoms with van der Waals surface area (Å²) >= 11 is 13.6. The van der Waals surface area contributed by atoms with E-state index in [1.54, 1.807) is 9.80 Å². The SMILES string of the molecule is O=C1C(C2SC(=S)N(CCc3ccccc3)C2=O)SC(=S)N1CCc1ccccc1. The monoisotopic (exact) mass is 472 g/mol. The van der Waals surface area contributed by atoms with Crippen LogP contribution in [0.3, 0.4) is 0 Å². The van der Waals surface area contributed by atoms with Crippen LogP contribution < -0.4 is 0 Å². The summed E-state index contributed by atoms with van der Waals surface area (Å²) in [6.45, 7) is 1.05. The summed E-state index contributed by atoms with van der Waals surface area (Å²) in [7, 11) is 0. The van der Waals surface area contributed by atoms with E-state index in [2.05, 4.69) is 0 Å². The van der Waals surface area contributed by atoms with Gasteiger partial charge in [0.2, 0.25) is 11.8 Å². The molecule has 0 bridgehead atoms. The zero-order valence-electron chi connectivity index (χ0n) is 16.1. The number of thioether (sulfide) groups is 2. The van der Waals surface area contributed by atoms with E-state index in [1.807, 2.05) is 60.7 Å². The van der Waals surface area contributed by atoms with Gasteiger partial charge in [-0.15, -0.1) is 0 Å². The molecule has 0 aromatic heterocycles. The van der Waals surface area contributed by atoms with Gasteiger partial charge in [-0.25, -0.2) is 0 Å². The number of rotatable bonds is 7. The first-order valence-corrected chi connectivity index (χ1v) is 12.2. The van der Waals surface area contributed by atoms with E-state index < -0.39 is 10.5 Å².